The molecule has 0 aromatic rings. The van der Waals surface area contributed by atoms with Crippen LogP contribution in [0.15, 0.2) is 15.2 Å². The van der Waals surface area contributed by atoms with Crippen molar-refractivity contribution in [2.75, 3.05) is 19.7 Å². The van der Waals surface area contributed by atoms with Gasteiger partial charge in [0.05, 0.1) is 13.1 Å². The van der Waals surface area contributed by atoms with Crippen LogP contribution >= 0.6 is 0 Å². The molecule has 1 saturated heterocycles. The number of hydrogen-bond acceptors (Lipinski definition) is 11. The lowest BCUT2D eigenvalue weighted by Gasteiger charge is -2.42. The molecule has 1 fully saturated rings. The summed E-state index contributed by atoms with van der Waals surface area (Å²) in [5.41, 5.74) is 9.88. The molecule has 0 aromatic heterocycles. The Hall–Kier alpha value is -2.67. The van der Waals surface area contributed by atoms with Crippen molar-refractivity contribution in [3.05, 3.63) is 0 Å². The number of nitrogens with zero attached hydrogens (tertiary/aromatic N) is 4. The van der Waals surface area contributed by atoms with Crippen molar-refractivity contribution in [1.29, 1.82) is 0 Å². The van der Waals surface area contributed by atoms with E-state index in [1.165, 1.54) is 0 Å². The zero-order chi connectivity index (χ0) is 18.7. The van der Waals surface area contributed by atoms with E-state index >= 15 is 0 Å². The first kappa shape index (κ1) is 16.8. The fraction of sp³-hybridized carbons (Fsp3) is 0.769. The average Bonchev–Trinajstić information content (AvgIpc) is 3.09. The topological polar surface area (TPSA) is 195 Å². The average molecular weight is 368 g/mol. The molecule has 4 aliphatic rings. The third-order valence-electron chi connectivity index (χ3n) is 5.15. The molecule has 4 rings (SSSR count). The van der Waals surface area contributed by atoms with E-state index in [-0.39, 0.29) is 31.5 Å². The highest BCUT2D eigenvalue weighted by molar-refractivity contribution is 5.83. The number of aliphatic hydroxyl groups is 2. The molecule has 0 aromatic carbocycles. The molecule has 0 saturated carbocycles. The first-order chi connectivity index (χ1) is 12.2. The molecule has 0 radical (unpaired) electrons. The first-order valence-corrected chi connectivity index (χ1v) is 8.24. The zero-order valence-corrected chi connectivity index (χ0v) is 14.1. The number of carbonyl (C=O) groups is 1. The summed E-state index contributed by atoms with van der Waals surface area (Å²) in [6.45, 7) is 2.21. The van der Waals surface area contributed by atoms with E-state index in [0.717, 1.165) is 0 Å². The highest BCUT2D eigenvalue weighted by Gasteiger charge is 2.71. The Bertz CT molecular complexity index is 742. The number of hydrogen-bond donors (Lipinski definition) is 7. The van der Waals surface area contributed by atoms with Gasteiger partial charge in [-0.2, -0.15) is 10.2 Å². The van der Waals surface area contributed by atoms with Crippen molar-refractivity contribution in [1.82, 2.24) is 16.0 Å². The Balaban J connectivity index is 1.48. The summed E-state index contributed by atoms with van der Waals surface area (Å²) in [4.78, 5) is 16.2. The van der Waals surface area contributed by atoms with E-state index in [1.54, 1.807) is 11.5 Å². The van der Waals surface area contributed by atoms with E-state index in [2.05, 4.69) is 31.2 Å². The molecule has 9 N–H and O–H groups in total. The SMILES string of the molecule is CC1(CNC(=O)OC[C@@H]2NC(N)=[N+]3CCC(O)(O)[C@@]34NC(N)=N[C@@H]24)N=N1. The quantitative estimate of drug-likeness (QED) is 0.194. The molecule has 13 nitrogen and oxygen atoms in total. The number of carbonyl (C=O) groups excluding carboxylic acids is 1. The number of rotatable bonds is 4. The fourth-order valence-corrected chi connectivity index (χ4v) is 3.74. The minimum Gasteiger partial charge on any atom is -0.446 e. The van der Waals surface area contributed by atoms with E-state index in [4.69, 9.17) is 16.2 Å². The maximum Gasteiger partial charge on any atom is 0.407 e. The second-order valence-corrected chi connectivity index (χ2v) is 7.07. The van der Waals surface area contributed by atoms with Crippen LogP contribution in [0.5, 0.6) is 0 Å². The molecule has 3 atom stereocenters. The highest BCUT2D eigenvalue weighted by Crippen LogP contribution is 2.40. The van der Waals surface area contributed by atoms with Crippen LogP contribution in [0.25, 0.3) is 0 Å². The second-order valence-electron chi connectivity index (χ2n) is 7.07. The van der Waals surface area contributed by atoms with E-state index < -0.39 is 35.3 Å². The normalized spacial score (nSPS) is 35.0. The number of nitrogens with two attached hydrogens (primary N) is 2. The molecule has 0 bridgehead atoms. The van der Waals surface area contributed by atoms with Crippen LogP contribution in [0.3, 0.4) is 0 Å². The lowest BCUT2D eigenvalue weighted by molar-refractivity contribution is -0.623. The minimum atomic E-state index is -2.11. The lowest BCUT2D eigenvalue weighted by Crippen LogP contribution is -2.77. The number of amides is 1. The molecule has 4 heterocycles. The van der Waals surface area contributed by atoms with E-state index in [0.29, 0.717) is 6.54 Å². The van der Waals surface area contributed by atoms with E-state index in [9.17, 15) is 15.0 Å². The molecular formula is C13H22N9O4+. The number of alkyl carbamates (subject to hydrolysis) is 1. The summed E-state index contributed by atoms with van der Waals surface area (Å²) in [7, 11) is 0. The van der Waals surface area contributed by atoms with Crippen LogP contribution in [0.1, 0.15) is 13.3 Å². The molecule has 13 heteroatoms. The maximum atomic E-state index is 11.9. The van der Waals surface area contributed by atoms with Crippen molar-refractivity contribution in [2.45, 2.75) is 42.5 Å². The standard InChI is InChI=1S/C13H21N9O4/c1-11(20-21-11)5-16-10(23)26-4-6-7-13(19-8(14)18-7)12(24,25)2-3-22(13)9(15)17-6/h6-7,24-25H,2-5H2,1H3,(H6,14,15,16,17,18,19,23)/p+1/t6-,7-,13-/m0/s1. The van der Waals surface area contributed by atoms with Crippen LogP contribution in [-0.4, -0.2) is 81.7 Å². The van der Waals surface area contributed by atoms with Gasteiger partial charge in [-0.1, -0.05) is 0 Å². The van der Waals surface area contributed by atoms with Gasteiger partial charge in [0.25, 0.3) is 0 Å². The summed E-state index contributed by atoms with van der Waals surface area (Å²) < 4.78 is 6.82. The van der Waals surface area contributed by atoms with Gasteiger partial charge in [-0.05, 0) is 6.92 Å². The van der Waals surface area contributed by atoms with Gasteiger partial charge in [-0.3, -0.25) is 11.1 Å². The monoisotopic (exact) mass is 368 g/mol. The summed E-state index contributed by atoms with van der Waals surface area (Å²) in [5.74, 6) is -1.83. The second kappa shape index (κ2) is 5.17. The van der Waals surface area contributed by atoms with Crippen LogP contribution in [-0.2, 0) is 4.74 Å². The minimum absolute atomic E-state index is 0.0569. The van der Waals surface area contributed by atoms with Crippen LogP contribution < -0.4 is 27.4 Å². The Labute approximate surface area is 148 Å². The molecule has 1 spiro atoms. The Morgan fingerprint density at radius 1 is 1.46 bits per heavy atom. The number of ether oxygens (including phenoxy) is 1. The lowest BCUT2D eigenvalue weighted by atomic mass is 9.87. The van der Waals surface area contributed by atoms with Crippen molar-refractivity contribution >= 4 is 18.0 Å². The van der Waals surface area contributed by atoms with Gasteiger partial charge in [0.1, 0.15) is 12.6 Å². The van der Waals surface area contributed by atoms with Gasteiger partial charge in [0, 0.05) is 6.42 Å². The van der Waals surface area contributed by atoms with Gasteiger partial charge in [-0.15, -0.1) is 0 Å². The third-order valence-corrected chi connectivity index (χ3v) is 5.15. The summed E-state index contributed by atoms with van der Waals surface area (Å²) in [5, 5.41) is 37.1. The largest absolute Gasteiger partial charge is 0.446 e. The van der Waals surface area contributed by atoms with Crippen molar-refractivity contribution < 1.29 is 24.3 Å². The van der Waals surface area contributed by atoms with Crippen LogP contribution in [0.4, 0.5) is 4.79 Å². The van der Waals surface area contributed by atoms with Crippen molar-refractivity contribution in [3.63, 3.8) is 0 Å². The van der Waals surface area contributed by atoms with Crippen LogP contribution in [0, 0.1) is 0 Å². The molecule has 142 valence electrons. The molecule has 0 unspecified atom stereocenters. The smallest absolute Gasteiger partial charge is 0.407 e. The van der Waals surface area contributed by atoms with Crippen molar-refractivity contribution in [3.8, 4) is 0 Å². The summed E-state index contributed by atoms with van der Waals surface area (Å²) in [6.07, 6.45) is -0.588. The Morgan fingerprint density at radius 3 is 2.88 bits per heavy atom. The van der Waals surface area contributed by atoms with Gasteiger partial charge in [-0.25, -0.2) is 14.4 Å². The Morgan fingerprint density at radius 2 is 2.19 bits per heavy atom. The van der Waals surface area contributed by atoms with E-state index in [1.807, 2.05) is 0 Å². The predicted molar refractivity (Wildman–Crippen MR) is 86.9 cm³/mol. The summed E-state index contributed by atoms with van der Waals surface area (Å²) in [6, 6.07) is -1.33. The van der Waals surface area contributed by atoms with Gasteiger partial charge < -0.3 is 31.3 Å². The van der Waals surface area contributed by atoms with Gasteiger partial charge in [0.15, 0.2) is 12.0 Å². The Kier molecular flexibility index (Phi) is 3.34. The predicted octanol–water partition coefficient (Wildman–Crippen LogP) is -3.74. The highest BCUT2D eigenvalue weighted by atomic mass is 16.5. The number of guanidine groups is 2. The molecule has 0 aliphatic carbocycles. The first-order valence-electron chi connectivity index (χ1n) is 8.24. The van der Waals surface area contributed by atoms with Gasteiger partial charge >= 0.3 is 12.1 Å². The van der Waals surface area contributed by atoms with Crippen LogP contribution in [0.2, 0.25) is 0 Å². The maximum absolute atomic E-state index is 11.9. The number of aliphatic imine (C=N–C) groups is 1. The molecule has 4 aliphatic heterocycles. The molecular weight excluding hydrogens is 346 g/mol. The third kappa shape index (κ3) is 2.34. The van der Waals surface area contributed by atoms with Gasteiger partial charge in [0.2, 0.25) is 17.1 Å². The summed E-state index contributed by atoms with van der Waals surface area (Å²) >= 11 is 0. The molecule has 26 heavy (non-hydrogen) atoms. The fourth-order valence-electron chi connectivity index (χ4n) is 3.74. The van der Waals surface area contributed by atoms with Crippen molar-refractivity contribution in [2.24, 2.45) is 26.7 Å². The molecule has 1 amide bonds. The number of nitrogens with one attached hydrogen (secondary N) is 3. The zero-order valence-electron chi connectivity index (χ0n) is 14.1.